The molecule has 0 aliphatic carbocycles. The van der Waals surface area contributed by atoms with Crippen LogP contribution in [0, 0.1) is 0 Å². The van der Waals surface area contributed by atoms with Gasteiger partial charge in [0, 0.05) is 23.1 Å². The van der Waals surface area contributed by atoms with Gasteiger partial charge in [-0.25, -0.2) is 8.42 Å². The first kappa shape index (κ1) is 22.8. The summed E-state index contributed by atoms with van der Waals surface area (Å²) in [6, 6.07) is 11.8. The second-order valence-corrected chi connectivity index (χ2v) is 9.26. The number of ether oxygens (including phenoxy) is 1. The molecular weight excluding hydrogens is 416 g/mol. The molecule has 0 spiro atoms. The van der Waals surface area contributed by atoms with Gasteiger partial charge in [-0.2, -0.15) is 0 Å². The number of nitrogens with one attached hydrogen (secondary N) is 1. The molecule has 0 amide bonds. The summed E-state index contributed by atoms with van der Waals surface area (Å²) in [5, 5.41) is 0.582. The Morgan fingerprint density at radius 1 is 1.16 bits per heavy atom. The van der Waals surface area contributed by atoms with Crippen LogP contribution in [-0.4, -0.2) is 26.7 Å². The summed E-state index contributed by atoms with van der Waals surface area (Å²) in [6.07, 6.45) is 3.80. The fraction of sp³-hybridized carbons (Fsp3) is 0.348. The van der Waals surface area contributed by atoms with Crippen molar-refractivity contribution in [1.29, 1.82) is 0 Å². The molecule has 166 valence electrons. The highest BCUT2D eigenvalue weighted by molar-refractivity contribution is 7.92. The molecule has 7 nitrogen and oxygen atoms in total. The van der Waals surface area contributed by atoms with Crippen LogP contribution >= 0.6 is 0 Å². The Kier molecular flexibility index (Phi) is 7.02. The van der Waals surface area contributed by atoms with Crippen LogP contribution in [0.1, 0.15) is 54.8 Å². The minimum atomic E-state index is -3.45. The van der Waals surface area contributed by atoms with Crippen LogP contribution in [0.2, 0.25) is 0 Å². The highest BCUT2D eigenvalue weighted by Crippen LogP contribution is 2.32. The predicted octanol–water partition coefficient (Wildman–Crippen LogP) is 4.45. The summed E-state index contributed by atoms with van der Waals surface area (Å²) in [4.78, 5) is 13.4. The van der Waals surface area contributed by atoms with Crippen molar-refractivity contribution in [2.24, 2.45) is 5.73 Å². The minimum Gasteiger partial charge on any atom is -0.476 e. The smallest absolute Gasteiger partial charge is 0.229 e. The molecule has 8 heteroatoms. The number of fused-ring (bicyclic) bond motifs is 1. The van der Waals surface area contributed by atoms with E-state index in [4.69, 9.17) is 14.9 Å². The maximum atomic E-state index is 13.4. The highest BCUT2D eigenvalue weighted by Gasteiger charge is 2.22. The first-order valence-electron chi connectivity index (χ1n) is 10.3. The Hall–Kier alpha value is -2.84. The molecule has 0 saturated heterocycles. The van der Waals surface area contributed by atoms with Crippen molar-refractivity contribution in [3.63, 3.8) is 0 Å². The molecular formula is C23H28N2O5S. The monoisotopic (exact) mass is 444 g/mol. The van der Waals surface area contributed by atoms with E-state index in [1.54, 1.807) is 42.5 Å². The van der Waals surface area contributed by atoms with Gasteiger partial charge in [0.25, 0.3) is 0 Å². The molecule has 31 heavy (non-hydrogen) atoms. The SMILES string of the molecule is CCCCc1oc2ccc(NS(C)(=O)=O)cc2c1C(=O)c1ccc(OC(N)CC)cc1. The molecule has 0 aliphatic heterocycles. The van der Waals surface area contributed by atoms with Crippen LogP contribution in [0.25, 0.3) is 11.0 Å². The van der Waals surface area contributed by atoms with E-state index in [1.807, 2.05) is 6.92 Å². The number of ketones is 1. The van der Waals surface area contributed by atoms with E-state index in [0.717, 1.165) is 19.1 Å². The van der Waals surface area contributed by atoms with Gasteiger partial charge in [-0.05, 0) is 55.3 Å². The Balaban J connectivity index is 2.02. The Morgan fingerprint density at radius 3 is 2.48 bits per heavy atom. The van der Waals surface area contributed by atoms with Crippen LogP contribution in [0.4, 0.5) is 5.69 Å². The Morgan fingerprint density at radius 2 is 1.87 bits per heavy atom. The fourth-order valence-electron chi connectivity index (χ4n) is 3.28. The van der Waals surface area contributed by atoms with Gasteiger partial charge in [-0.3, -0.25) is 15.3 Å². The minimum absolute atomic E-state index is 0.187. The van der Waals surface area contributed by atoms with Gasteiger partial charge in [-0.1, -0.05) is 20.3 Å². The van der Waals surface area contributed by atoms with Crippen molar-refractivity contribution in [2.75, 3.05) is 11.0 Å². The second-order valence-electron chi connectivity index (χ2n) is 7.51. The first-order chi connectivity index (χ1) is 14.7. The van der Waals surface area contributed by atoms with Crippen molar-refractivity contribution in [1.82, 2.24) is 0 Å². The standard InChI is InChI=1S/C23H28N2O5S/c1-4-6-7-20-22(18-14-16(25-31(3,27)28)10-13-19(18)30-20)23(26)15-8-11-17(12-9-15)29-21(24)5-2/h8-14,21,25H,4-7,24H2,1-3H3. The number of hydrogen-bond acceptors (Lipinski definition) is 6. The van der Waals surface area contributed by atoms with Gasteiger partial charge in [-0.15, -0.1) is 0 Å². The topological polar surface area (TPSA) is 112 Å². The Labute approximate surface area is 182 Å². The van der Waals surface area contributed by atoms with Crippen molar-refractivity contribution in [3.05, 3.63) is 59.4 Å². The molecule has 1 heterocycles. The van der Waals surface area contributed by atoms with Gasteiger partial charge >= 0.3 is 0 Å². The van der Waals surface area contributed by atoms with E-state index in [2.05, 4.69) is 11.6 Å². The number of benzene rings is 2. The number of unbranched alkanes of at least 4 members (excludes halogenated alkanes) is 1. The molecule has 0 aliphatic rings. The van der Waals surface area contributed by atoms with Gasteiger partial charge in [0.1, 0.15) is 23.3 Å². The maximum Gasteiger partial charge on any atom is 0.229 e. The van der Waals surface area contributed by atoms with Gasteiger partial charge in [0.05, 0.1) is 11.8 Å². The van der Waals surface area contributed by atoms with Gasteiger partial charge in [0.15, 0.2) is 5.78 Å². The lowest BCUT2D eigenvalue weighted by Crippen LogP contribution is -2.25. The highest BCUT2D eigenvalue weighted by atomic mass is 32.2. The lowest BCUT2D eigenvalue weighted by Gasteiger charge is -2.12. The lowest BCUT2D eigenvalue weighted by atomic mass is 9.98. The van der Waals surface area contributed by atoms with Crippen LogP contribution in [0.5, 0.6) is 5.75 Å². The fourth-order valence-corrected chi connectivity index (χ4v) is 3.83. The van der Waals surface area contributed by atoms with E-state index in [0.29, 0.717) is 52.1 Å². The summed E-state index contributed by atoms with van der Waals surface area (Å²) in [5.74, 6) is 1.01. The third-order valence-electron chi connectivity index (χ3n) is 4.85. The summed E-state index contributed by atoms with van der Waals surface area (Å²) in [6.45, 7) is 4.00. The van der Waals surface area contributed by atoms with E-state index in [-0.39, 0.29) is 5.78 Å². The summed E-state index contributed by atoms with van der Waals surface area (Å²) in [7, 11) is -3.45. The molecule has 3 rings (SSSR count). The number of carbonyl (C=O) groups is 1. The summed E-state index contributed by atoms with van der Waals surface area (Å²) in [5.41, 5.74) is 7.68. The summed E-state index contributed by atoms with van der Waals surface area (Å²) >= 11 is 0. The molecule has 2 aromatic carbocycles. The van der Waals surface area contributed by atoms with Crippen LogP contribution in [-0.2, 0) is 16.4 Å². The van der Waals surface area contributed by atoms with Crippen molar-refractivity contribution >= 4 is 32.5 Å². The van der Waals surface area contributed by atoms with Crippen molar-refractivity contribution in [3.8, 4) is 5.75 Å². The van der Waals surface area contributed by atoms with Gasteiger partial charge in [0.2, 0.25) is 10.0 Å². The Bertz CT molecular complexity index is 1170. The van der Waals surface area contributed by atoms with Crippen molar-refractivity contribution < 1.29 is 22.4 Å². The molecule has 0 saturated carbocycles. The third kappa shape index (κ3) is 5.65. The normalized spacial score (nSPS) is 12.6. The summed E-state index contributed by atoms with van der Waals surface area (Å²) < 4.78 is 37.3. The lowest BCUT2D eigenvalue weighted by molar-refractivity contribution is 0.103. The largest absolute Gasteiger partial charge is 0.476 e. The predicted molar refractivity (Wildman–Crippen MR) is 122 cm³/mol. The third-order valence-corrected chi connectivity index (χ3v) is 5.46. The number of nitrogens with two attached hydrogens (primary N) is 1. The van der Waals surface area contributed by atoms with E-state index in [1.165, 1.54) is 0 Å². The average molecular weight is 445 g/mol. The molecule has 0 bridgehead atoms. The zero-order valence-electron chi connectivity index (χ0n) is 18.0. The quantitative estimate of drug-likeness (QED) is 0.353. The first-order valence-corrected chi connectivity index (χ1v) is 12.2. The molecule has 1 aromatic heterocycles. The number of furan rings is 1. The number of sulfonamides is 1. The van der Waals surface area contributed by atoms with E-state index < -0.39 is 16.3 Å². The molecule has 0 radical (unpaired) electrons. The molecule has 3 N–H and O–H groups in total. The van der Waals surface area contributed by atoms with Crippen LogP contribution < -0.4 is 15.2 Å². The molecule has 3 aromatic rings. The molecule has 0 fully saturated rings. The van der Waals surface area contributed by atoms with Crippen LogP contribution in [0.3, 0.4) is 0 Å². The van der Waals surface area contributed by atoms with Gasteiger partial charge < -0.3 is 9.15 Å². The van der Waals surface area contributed by atoms with Crippen molar-refractivity contribution in [2.45, 2.75) is 45.8 Å². The number of anilines is 1. The number of carbonyl (C=O) groups excluding carboxylic acids is 1. The second kappa shape index (κ2) is 9.53. The molecule has 1 atom stereocenters. The average Bonchev–Trinajstić information content (AvgIpc) is 3.08. The van der Waals surface area contributed by atoms with E-state index in [9.17, 15) is 13.2 Å². The van der Waals surface area contributed by atoms with E-state index >= 15 is 0 Å². The number of aryl methyl sites for hydroxylation is 1. The number of rotatable bonds is 10. The molecule has 1 unspecified atom stereocenters. The van der Waals surface area contributed by atoms with Crippen LogP contribution in [0.15, 0.2) is 46.9 Å². The zero-order chi connectivity index (χ0) is 22.6. The zero-order valence-corrected chi connectivity index (χ0v) is 18.8. The maximum absolute atomic E-state index is 13.4. The number of hydrogen-bond donors (Lipinski definition) is 2.